The maximum absolute atomic E-state index is 13.1. The molecule has 2 N–H and O–H groups in total. The highest BCUT2D eigenvalue weighted by molar-refractivity contribution is 8.29. The minimum absolute atomic E-state index is 0.126. The lowest BCUT2D eigenvalue weighted by molar-refractivity contribution is -0.154. The van der Waals surface area contributed by atoms with Crippen LogP contribution in [-0.2, 0) is 18.5 Å². The Labute approximate surface area is 243 Å². The van der Waals surface area contributed by atoms with Gasteiger partial charge < -0.3 is 19.3 Å². The Hall–Kier alpha value is -2.43. The highest BCUT2D eigenvalue weighted by Crippen LogP contribution is 2.59. The zero-order chi connectivity index (χ0) is 29.9. The molecule has 10 heteroatoms. The Kier molecular flexibility index (Phi) is 9.79. The molecule has 1 saturated carbocycles. The number of ether oxygens (including phenoxy) is 1. The average molecular weight is 593 g/mol. The van der Waals surface area contributed by atoms with Gasteiger partial charge in [-0.15, -0.1) is 21.6 Å². The summed E-state index contributed by atoms with van der Waals surface area (Å²) in [4.78, 5) is 41.8. The van der Waals surface area contributed by atoms with Crippen LogP contribution in [0.3, 0.4) is 0 Å². The Morgan fingerprint density at radius 2 is 1.88 bits per heavy atom. The molecule has 1 heterocycles. The van der Waals surface area contributed by atoms with Gasteiger partial charge in [-0.3, -0.25) is 9.59 Å². The molecular weight excluding hydrogens is 548 g/mol. The molecule has 0 aliphatic heterocycles. The number of hydrogen-bond acceptors (Lipinski definition) is 7. The highest BCUT2D eigenvalue weighted by Gasteiger charge is 2.65. The van der Waals surface area contributed by atoms with Crippen LogP contribution in [-0.4, -0.2) is 62.4 Å². The number of nitrogens with zero attached hydrogens (tertiary/aromatic N) is 1. The Bertz CT molecular complexity index is 1220. The molecule has 1 fully saturated rings. The van der Waals surface area contributed by atoms with Gasteiger partial charge in [-0.25, -0.2) is 9.78 Å². The second-order valence-corrected chi connectivity index (χ2v) is 17.5. The van der Waals surface area contributed by atoms with E-state index in [2.05, 4.69) is 43.2 Å². The summed E-state index contributed by atoms with van der Waals surface area (Å²) < 4.78 is 11.5. The summed E-state index contributed by atoms with van der Waals surface area (Å²) in [6, 6.07) is 0. The van der Waals surface area contributed by atoms with Crippen molar-refractivity contribution in [2.75, 3.05) is 12.5 Å². The molecule has 0 aromatic carbocycles. The molecule has 0 radical (unpaired) electrons. The van der Waals surface area contributed by atoms with Gasteiger partial charge in [0.25, 0.3) is 5.91 Å². The number of amides is 1. The van der Waals surface area contributed by atoms with E-state index in [1.54, 1.807) is 5.38 Å². The fourth-order valence-corrected chi connectivity index (χ4v) is 5.91. The van der Waals surface area contributed by atoms with Gasteiger partial charge in [-0.05, 0) is 59.0 Å². The Morgan fingerprint density at radius 1 is 1.18 bits per heavy atom. The van der Waals surface area contributed by atoms with Crippen molar-refractivity contribution in [2.45, 2.75) is 102 Å². The van der Waals surface area contributed by atoms with Crippen molar-refractivity contribution in [3.05, 3.63) is 46.0 Å². The number of esters is 1. The van der Waals surface area contributed by atoms with Crippen LogP contribution in [0.1, 0.15) is 95.6 Å². The molecule has 2 aliphatic carbocycles. The molecule has 8 nitrogen and oxygen atoms in total. The Morgan fingerprint density at radius 3 is 2.50 bits per heavy atom. The number of aliphatic carboxylic acids is 1. The summed E-state index contributed by atoms with van der Waals surface area (Å²) in [6.07, 6.45) is 15.5. The van der Waals surface area contributed by atoms with E-state index in [0.717, 1.165) is 31.3 Å². The van der Waals surface area contributed by atoms with E-state index in [1.165, 1.54) is 16.9 Å². The van der Waals surface area contributed by atoms with Crippen LogP contribution in [0, 0.1) is 0 Å². The van der Waals surface area contributed by atoms with E-state index in [0.29, 0.717) is 11.4 Å². The zero-order valence-corrected chi connectivity index (χ0v) is 26.6. The minimum Gasteiger partial charge on any atom is -0.479 e. The van der Waals surface area contributed by atoms with Crippen LogP contribution in [0.5, 0.6) is 0 Å². The molecule has 1 aromatic heterocycles. The van der Waals surface area contributed by atoms with Crippen molar-refractivity contribution < 1.29 is 28.4 Å². The monoisotopic (exact) mass is 592 g/mol. The van der Waals surface area contributed by atoms with Crippen LogP contribution < -0.4 is 5.32 Å². The van der Waals surface area contributed by atoms with Gasteiger partial charge in [-0.2, -0.15) is 0 Å². The maximum atomic E-state index is 13.1. The number of nitrogens with one attached hydrogen (secondary N) is 1. The van der Waals surface area contributed by atoms with Crippen molar-refractivity contribution >= 4 is 45.1 Å². The van der Waals surface area contributed by atoms with Gasteiger partial charge in [0.05, 0.1) is 0 Å². The summed E-state index contributed by atoms with van der Waals surface area (Å²) >= 11 is 1.34. The van der Waals surface area contributed by atoms with Gasteiger partial charge in [-0.1, -0.05) is 50.6 Å². The standard InChI is InChI=1S/C30H44N2O6S2/c1-28(2,3)37-24(33)15-11-13-20-12-9-10-14-21(17-16-20)26-31-22(19-39-26)25(34)32-30(27(35)36)18-23(30)38-40(7,8)29(4,5)6/h10,14,16-17,19,23H,9,11-13,15,18H2,1-8H3,(H,32,34)(H,35,36)/b14-10-,20-16+,21-17+. The summed E-state index contributed by atoms with van der Waals surface area (Å²) in [5, 5.41) is 15.0. The molecule has 222 valence electrons. The van der Waals surface area contributed by atoms with Crippen LogP contribution in [0.25, 0.3) is 5.57 Å². The van der Waals surface area contributed by atoms with Crippen LogP contribution in [0.15, 0.2) is 35.3 Å². The number of carboxylic acids is 1. The fourth-order valence-electron chi connectivity index (χ4n) is 4.00. The number of carbonyl (C=O) groups excluding carboxylic acids is 2. The number of carboxylic acid groups (broad SMARTS) is 1. The van der Waals surface area contributed by atoms with Crippen LogP contribution in [0.2, 0.25) is 0 Å². The number of hydrogen-bond donors (Lipinski definition) is 2. The van der Waals surface area contributed by atoms with Gasteiger partial charge in [0.1, 0.15) is 22.4 Å². The highest BCUT2D eigenvalue weighted by atomic mass is 32.3. The molecule has 2 unspecified atom stereocenters. The summed E-state index contributed by atoms with van der Waals surface area (Å²) in [5.74, 6) is -1.80. The lowest BCUT2D eigenvalue weighted by atomic mass is 10.00. The van der Waals surface area contributed by atoms with Gasteiger partial charge in [0.15, 0.2) is 5.54 Å². The molecular formula is C30H44N2O6S2. The van der Waals surface area contributed by atoms with Gasteiger partial charge >= 0.3 is 11.9 Å². The fraction of sp³-hybridized carbons (Fsp3) is 0.600. The molecule has 0 bridgehead atoms. The van der Waals surface area contributed by atoms with E-state index in [4.69, 9.17) is 8.92 Å². The van der Waals surface area contributed by atoms with E-state index in [1.807, 2.05) is 45.4 Å². The summed E-state index contributed by atoms with van der Waals surface area (Å²) in [5.41, 5.74) is 0.390. The van der Waals surface area contributed by atoms with Gasteiger partial charge in [0.2, 0.25) is 0 Å². The quantitative estimate of drug-likeness (QED) is 0.301. The lowest BCUT2D eigenvalue weighted by Crippen LogP contribution is -2.47. The third-order valence-corrected chi connectivity index (χ3v) is 11.7. The first-order chi connectivity index (χ1) is 18.4. The molecule has 0 saturated heterocycles. The minimum atomic E-state index is -1.55. The number of carbonyl (C=O) groups is 3. The normalized spacial score (nSPS) is 25.4. The van der Waals surface area contributed by atoms with E-state index in [-0.39, 0.29) is 22.8 Å². The lowest BCUT2D eigenvalue weighted by Gasteiger charge is -2.44. The maximum Gasteiger partial charge on any atom is 0.332 e. The molecule has 1 aromatic rings. The Balaban J connectivity index is 1.65. The van der Waals surface area contributed by atoms with Crippen molar-refractivity contribution in [1.29, 1.82) is 0 Å². The smallest absolute Gasteiger partial charge is 0.332 e. The predicted molar refractivity (Wildman–Crippen MR) is 163 cm³/mol. The molecule has 2 atom stereocenters. The average Bonchev–Trinajstić information content (AvgIpc) is 3.23. The van der Waals surface area contributed by atoms with Gasteiger partial charge in [0, 0.05) is 28.5 Å². The van der Waals surface area contributed by atoms with Crippen LogP contribution in [0.4, 0.5) is 0 Å². The third-order valence-electron chi connectivity index (χ3n) is 7.16. The third kappa shape index (κ3) is 8.30. The zero-order valence-electron chi connectivity index (χ0n) is 25.0. The molecule has 1 amide bonds. The molecule has 0 spiro atoms. The molecule has 40 heavy (non-hydrogen) atoms. The second kappa shape index (κ2) is 12.2. The van der Waals surface area contributed by atoms with Crippen molar-refractivity contribution in [2.24, 2.45) is 0 Å². The van der Waals surface area contributed by atoms with Crippen molar-refractivity contribution in [3.63, 3.8) is 0 Å². The van der Waals surface area contributed by atoms with E-state index in [9.17, 15) is 19.5 Å². The van der Waals surface area contributed by atoms with E-state index >= 15 is 0 Å². The summed E-state index contributed by atoms with van der Waals surface area (Å²) in [6.45, 7) is 11.8. The number of thiazole rings is 1. The first-order valence-corrected chi connectivity index (χ1v) is 16.9. The molecule has 3 rings (SSSR count). The number of allylic oxidation sites excluding steroid dienone is 6. The van der Waals surface area contributed by atoms with Crippen molar-refractivity contribution in [3.8, 4) is 0 Å². The van der Waals surface area contributed by atoms with Crippen molar-refractivity contribution in [1.82, 2.24) is 10.3 Å². The number of rotatable bonds is 10. The largest absolute Gasteiger partial charge is 0.479 e. The summed E-state index contributed by atoms with van der Waals surface area (Å²) in [7, 11) is -1.55. The van der Waals surface area contributed by atoms with E-state index < -0.39 is 39.4 Å². The predicted octanol–water partition coefficient (Wildman–Crippen LogP) is 6.43. The van der Waals surface area contributed by atoms with Crippen LogP contribution >= 0.6 is 21.6 Å². The topological polar surface area (TPSA) is 115 Å². The molecule has 2 aliphatic rings. The SMILES string of the molecule is CC(C)(C)OC(=O)CCC/C1=C/C=C(c2nc(C(=O)NC3(C(=O)O)CC3OS(C)(C)C(C)(C)C)cs2)\C=C/CC1. The first-order valence-electron chi connectivity index (χ1n) is 13.6. The number of aromatic nitrogens is 1. The first kappa shape index (κ1) is 32.1. The second-order valence-electron chi connectivity index (χ2n) is 12.7.